The van der Waals surface area contributed by atoms with Crippen molar-refractivity contribution in [3.63, 3.8) is 0 Å². The molecule has 0 atom stereocenters. The van der Waals surface area contributed by atoms with Crippen molar-refractivity contribution in [2.45, 2.75) is 20.3 Å². The van der Waals surface area contributed by atoms with E-state index < -0.39 is 17.5 Å². The average molecular weight is 258 g/mol. The molecule has 2 fully saturated rings. The number of cyclic esters (lactones) is 2. The van der Waals surface area contributed by atoms with Crippen LogP contribution in [0, 0.1) is 10.8 Å². The van der Waals surface area contributed by atoms with Gasteiger partial charge in [-0.15, -0.1) is 0 Å². The second kappa shape index (κ2) is 4.76. The molecule has 0 aromatic rings. The number of carbonyl (C=O) groups is 2. The molecule has 6 heteroatoms. The van der Waals surface area contributed by atoms with E-state index in [9.17, 15) is 9.59 Å². The fraction of sp³-hybridized carbons (Fsp3) is 0.833. The quantitative estimate of drug-likeness (QED) is 0.704. The van der Waals surface area contributed by atoms with E-state index in [0.29, 0.717) is 19.8 Å². The van der Waals surface area contributed by atoms with E-state index in [1.165, 1.54) is 0 Å². The third-order valence-corrected chi connectivity index (χ3v) is 3.59. The molecule has 2 heterocycles. The fourth-order valence-electron chi connectivity index (χ4n) is 1.81. The van der Waals surface area contributed by atoms with E-state index in [2.05, 4.69) is 0 Å². The largest absolute Gasteiger partial charge is 0.508 e. The van der Waals surface area contributed by atoms with Crippen molar-refractivity contribution in [1.82, 2.24) is 0 Å². The van der Waals surface area contributed by atoms with Gasteiger partial charge in [0.15, 0.2) is 0 Å². The Balaban J connectivity index is 1.85. The Morgan fingerprint density at radius 1 is 1.28 bits per heavy atom. The summed E-state index contributed by atoms with van der Waals surface area (Å²) in [6.07, 6.45) is 0.167. The van der Waals surface area contributed by atoms with Gasteiger partial charge in [0, 0.05) is 0 Å². The average Bonchev–Trinajstić information content (AvgIpc) is 2.32. The van der Waals surface area contributed by atoms with Crippen molar-refractivity contribution in [3.8, 4) is 0 Å². The molecule has 0 amide bonds. The molecule has 0 spiro atoms. The molecular weight excluding hydrogens is 240 g/mol. The monoisotopic (exact) mass is 258 g/mol. The van der Waals surface area contributed by atoms with Gasteiger partial charge in [0.1, 0.15) is 25.2 Å². The minimum atomic E-state index is -0.909. The van der Waals surface area contributed by atoms with Gasteiger partial charge in [-0.25, -0.2) is 4.79 Å². The SMILES string of the molecule is CCC1(COC(=O)C2(C)COC(=O)OC2)COC1. The second-order valence-electron chi connectivity index (χ2n) is 5.31. The lowest BCUT2D eigenvalue weighted by atomic mass is 9.84. The molecule has 0 N–H and O–H groups in total. The van der Waals surface area contributed by atoms with Crippen LogP contribution in [0.3, 0.4) is 0 Å². The van der Waals surface area contributed by atoms with Gasteiger partial charge in [0.05, 0.1) is 18.6 Å². The van der Waals surface area contributed by atoms with Gasteiger partial charge in [0.25, 0.3) is 0 Å². The third-order valence-electron chi connectivity index (χ3n) is 3.59. The maximum absolute atomic E-state index is 12.0. The molecular formula is C12H18O6. The molecule has 0 saturated carbocycles. The lowest BCUT2D eigenvalue weighted by molar-refractivity contribution is -0.186. The second-order valence-corrected chi connectivity index (χ2v) is 5.31. The van der Waals surface area contributed by atoms with Crippen molar-refractivity contribution in [2.24, 2.45) is 10.8 Å². The third kappa shape index (κ3) is 2.43. The van der Waals surface area contributed by atoms with Gasteiger partial charge in [0.2, 0.25) is 0 Å². The van der Waals surface area contributed by atoms with Crippen LogP contribution in [0.2, 0.25) is 0 Å². The minimum absolute atomic E-state index is 0.000289. The summed E-state index contributed by atoms with van der Waals surface area (Å²) in [4.78, 5) is 22.8. The van der Waals surface area contributed by atoms with Crippen LogP contribution in [0.15, 0.2) is 0 Å². The van der Waals surface area contributed by atoms with Crippen LogP contribution in [-0.4, -0.2) is 45.2 Å². The summed E-state index contributed by atoms with van der Waals surface area (Å²) in [5.74, 6) is -0.394. The first-order valence-electron chi connectivity index (χ1n) is 6.04. The summed E-state index contributed by atoms with van der Waals surface area (Å²) >= 11 is 0. The summed E-state index contributed by atoms with van der Waals surface area (Å²) in [6.45, 7) is 5.30. The van der Waals surface area contributed by atoms with E-state index in [1.807, 2.05) is 6.92 Å². The minimum Gasteiger partial charge on any atom is -0.464 e. The summed E-state index contributed by atoms with van der Waals surface area (Å²) in [5.41, 5.74) is -0.953. The Hall–Kier alpha value is -1.30. The van der Waals surface area contributed by atoms with E-state index in [0.717, 1.165) is 6.42 Å². The Morgan fingerprint density at radius 2 is 1.89 bits per heavy atom. The highest BCUT2D eigenvalue weighted by atomic mass is 16.7. The predicted molar refractivity (Wildman–Crippen MR) is 59.9 cm³/mol. The molecule has 2 aliphatic heterocycles. The number of carbonyl (C=O) groups excluding carboxylic acids is 2. The zero-order chi connectivity index (χ0) is 13.2. The molecule has 0 aromatic heterocycles. The number of hydrogen-bond acceptors (Lipinski definition) is 6. The molecule has 0 radical (unpaired) electrons. The summed E-state index contributed by atoms with van der Waals surface area (Å²) in [7, 11) is 0. The van der Waals surface area contributed by atoms with Gasteiger partial charge < -0.3 is 18.9 Å². The van der Waals surface area contributed by atoms with E-state index >= 15 is 0 Å². The number of esters is 1. The molecule has 18 heavy (non-hydrogen) atoms. The van der Waals surface area contributed by atoms with Crippen LogP contribution in [0.4, 0.5) is 4.79 Å². The smallest absolute Gasteiger partial charge is 0.464 e. The topological polar surface area (TPSA) is 71.1 Å². The highest BCUT2D eigenvalue weighted by Gasteiger charge is 2.44. The Kier molecular flexibility index (Phi) is 3.47. The van der Waals surface area contributed by atoms with E-state index in [4.69, 9.17) is 18.9 Å². The van der Waals surface area contributed by atoms with E-state index in [-0.39, 0.29) is 18.6 Å². The van der Waals surface area contributed by atoms with Crippen molar-refractivity contribution >= 4 is 12.1 Å². The Morgan fingerprint density at radius 3 is 2.33 bits per heavy atom. The highest BCUT2D eigenvalue weighted by Crippen LogP contribution is 2.33. The zero-order valence-corrected chi connectivity index (χ0v) is 10.7. The Bertz CT molecular complexity index is 331. The molecule has 0 aromatic carbocycles. The zero-order valence-electron chi connectivity index (χ0n) is 10.7. The molecule has 102 valence electrons. The first-order chi connectivity index (χ1) is 8.50. The molecule has 2 saturated heterocycles. The van der Waals surface area contributed by atoms with Gasteiger partial charge in [-0.2, -0.15) is 0 Å². The van der Waals surface area contributed by atoms with Gasteiger partial charge in [-0.1, -0.05) is 6.92 Å². The van der Waals surface area contributed by atoms with Gasteiger partial charge in [-0.05, 0) is 13.3 Å². The maximum Gasteiger partial charge on any atom is 0.508 e. The fourth-order valence-corrected chi connectivity index (χ4v) is 1.81. The van der Waals surface area contributed by atoms with Crippen LogP contribution in [0.25, 0.3) is 0 Å². The lowest BCUT2D eigenvalue weighted by Crippen LogP contribution is -2.49. The Labute approximate surface area is 106 Å². The van der Waals surface area contributed by atoms with Gasteiger partial charge >= 0.3 is 12.1 Å². The van der Waals surface area contributed by atoms with Crippen LogP contribution >= 0.6 is 0 Å². The van der Waals surface area contributed by atoms with E-state index in [1.54, 1.807) is 6.92 Å². The van der Waals surface area contributed by atoms with Crippen LogP contribution in [0.5, 0.6) is 0 Å². The molecule has 6 nitrogen and oxygen atoms in total. The maximum atomic E-state index is 12.0. The number of hydrogen-bond donors (Lipinski definition) is 0. The molecule has 2 rings (SSSR count). The lowest BCUT2D eigenvalue weighted by Gasteiger charge is -2.40. The first-order valence-corrected chi connectivity index (χ1v) is 6.04. The summed E-state index contributed by atoms with van der Waals surface area (Å²) in [5, 5.41) is 0. The summed E-state index contributed by atoms with van der Waals surface area (Å²) in [6, 6.07) is 0. The predicted octanol–water partition coefficient (Wildman–Crippen LogP) is 1.13. The first kappa shape index (κ1) is 13.1. The molecule has 2 aliphatic rings. The van der Waals surface area contributed by atoms with Crippen LogP contribution in [0.1, 0.15) is 20.3 Å². The summed E-state index contributed by atoms with van der Waals surface area (Å²) < 4.78 is 19.9. The van der Waals surface area contributed by atoms with Crippen molar-refractivity contribution in [3.05, 3.63) is 0 Å². The van der Waals surface area contributed by atoms with Gasteiger partial charge in [-0.3, -0.25) is 4.79 Å². The molecule has 0 bridgehead atoms. The van der Waals surface area contributed by atoms with Crippen molar-refractivity contribution in [2.75, 3.05) is 33.0 Å². The van der Waals surface area contributed by atoms with Crippen molar-refractivity contribution in [1.29, 1.82) is 0 Å². The highest BCUT2D eigenvalue weighted by molar-refractivity contribution is 5.78. The normalized spacial score (nSPS) is 24.4. The number of ether oxygens (including phenoxy) is 4. The number of rotatable bonds is 4. The van der Waals surface area contributed by atoms with Crippen LogP contribution in [-0.2, 0) is 23.7 Å². The van der Waals surface area contributed by atoms with Crippen LogP contribution < -0.4 is 0 Å². The molecule has 0 aliphatic carbocycles. The molecule has 0 unspecified atom stereocenters. The standard InChI is InChI=1S/C12H18O6/c1-3-12(6-15-7-12)8-16-9(13)11(2)4-17-10(14)18-5-11/h3-8H2,1-2H3. The van der Waals surface area contributed by atoms with Crippen molar-refractivity contribution < 1.29 is 28.5 Å².